The molecule has 4 aliphatic rings. The number of aromatic nitrogens is 2. The van der Waals surface area contributed by atoms with Crippen LogP contribution in [-0.4, -0.2) is 59.3 Å². The summed E-state index contributed by atoms with van der Waals surface area (Å²) in [6.45, 7) is 4.24. The first-order chi connectivity index (χ1) is 12.3. The van der Waals surface area contributed by atoms with Crippen LogP contribution in [-0.2, 0) is 12.8 Å². The zero-order valence-corrected chi connectivity index (χ0v) is 14.9. The van der Waals surface area contributed by atoms with Crippen LogP contribution < -0.4 is 10.6 Å². The van der Waals surface area contributed by atoms with Crippen molar-refractivity contribution in [1.82, 2.24) is 25.7 Å². The first-order valence-corrected chi connectivity index (χ1v) is 10.1. The Morgan fingerprint density at radius 2 is 2.12 bits per heavy atom. The van der Waals surface area contributed by atoms with Crippen LogP contribution >= 0.6 is 0 Å². The Hall–Kier alpha value is -1.40. The average Bonchev–Trinajstić information content (AvgIpc) is 3.25. The predicted octanol–water partition coefficient (Wildman–Crippen LogP) is 1.09. The second-order valence-electron chi connectivity index (χ2n) is 8.38. The quantitative estimate of drug-likeness (QED) is 0.768. The fraction of sp³-hybridized carbons (Fsp3) is 0.789. The number of aromatic amines is 1. The molecule has 1 aromatic rings. The van der Waals surface area contributed by atoms with E-state index in [1.54, 1.807) is 0 Å². The first kappa shape index (κ1) is 15.8. The van der Waals surface area contributed by atoms with Crippen molar-refractivity contribution in [3.05, 3.63) is 17.0 Å². The van der Waals surface area contributed by atoms with Crippen molar-refractivity contribution in [1.29, 1.82) is 0 Å². The number of nitrogens with zero attached hydrogens (tertiary/aromatic N) is 2. The molecule has 1 aromatic heterocycles. The summed E-state index contributed by atoms with van der Waals surface area (Å²) in [4.78, 5) is 15.4. The van der Waals surface area contributed by atoms with E-state index in [1.807, 2.05) is 0 Å². The van der Waals surface area contributed by atoms with Crippen LogP contribution in [0.4, 0.5) is 0 Å². The van der Waals surface area contributed by atoms with Crippen molar-refractivity contribution in [2.45, 2.75) is 57.0 Å². The highest BCUT2D eigenvalue weighted by molar-refractivity contribution is 5.94. The van der Waals surface area contributed by atoms with Gasteiger partial charge < -0.3 is 10.6 Å². The number of H-pyrrole nitrogens is 1. The third-order valence-electron chi connectivity index (χ3n) is 7.02. The van der Waals surface area contributed by atoms with Crippen LogP contribution in [0.5, 0.6) is 0 Å². The number of carbonyl (C=O) groups excluding carboxylic acids is 1. The number of fused-ring (bicyclic) bond motifs is 5. The smallest absolute Gasteiger partial charge is 0.272 e. The molecule has 0 aromatic carbocycles. The van der Waals surface area contributed by atoms with Gasteiger partial charge in [-0.25, -0.2) is 0 Å². The fourth-order valence-corrected chi connectivity index (χ4v) is 5.84. The highest BCUT2D eigenvalue weighted by Gasteiger charge is 2.45. The number of hydrogen-bond donors (Lipinski definition) is 3. The molecule has 25 heavy (non-hydrogen) atoms. The standard InChI is InChI=1S/C19H29N5O/c25-19(18-14-4-3-5-15(14)22-23-18)21-11-17-13-8-12(9-20-10-13)16-6-1-2-7-24(16)17/h12-13,16-17,20H,1-11H2,(H,21,25)(H,22,23)/t12-,13+,16+,17+/m1/s1. The van der Waals surface area contributed by atoms with E-state index in [-0.39, 0.29) is 5.91 Å². The van der Waals surface area contributed by atoms with E-state index in [4.69, 9.17) is 0 Å². The fourth-order valence-electron chi connectivity index (χ4n) is 5.84. The van der Waals surface area contributed by atoms with Gasteiger partial charge in [-0.15, -0.1) is 0 Å². The Labute approximate surface area is 149 Å². The molecule has 4 heterocycles. The van der Waals surface area contributed by atoms with Crippen molar-refractivity contribution >= 4 is 5.91 Å². The van der Waals surface area contributed by atoms with Gasteiger partial charge in [0.15, 0.2) is 5.69 Å². The summed E-state index contributed by atoms with van der Waals surface area (Å²) in [5.74, 6) is 1.48. The molecule has 2 bridgehead atoms. The molecule has 3 fully saturated rings. The summed E-state index contributed by atoms with van der Waals surface area (Å²) < 4.78 is 0. The van der Waals surface area contributed by atoms with Crippen LogP contribution in [0.25, 0.3) is 0 Å². The van der Waals surface area contributed by atoms with Crippen molar-refractivity contribution in [2.75, 3.05) is 26.2 Å². The third kappa shape index (κ3) is 2.70. The van der Waals surface area contributed by atoms with Crippen LogP contribution in [0.1, 0.15) is 53.8 Å². The number of piperidine rings is 3. The van der Waals surface area contributed by atoms with Crippen LogP contribution in [0.2, 0.25) is 0 Å². The van der Waals surface area contributed by atoms with Crippen LogP contribution in [0.15, 0.2) is 0 Å². The van der Waals surface area contributed by atoms with Gasteiger partial charge in [0, 0.05) is 29.9 Å². The molecule has 6 heteroatoms. The maximum absolute atomic E-state index is 12.7. The molecule has 3 aliphatic heterocycles. The van der Waals surface area contributed by atoms with Gasteiger partial charge in [-0.1, -0.05) is 6.42 Å². The van der Waals surface area contributed by atoms with E-state index in [1.165, 1.54) is 44.5 Å². The third-order valence-corrected chi connectivity index (χ3v) is 7.02. The molecule has 0 saturated carbocycles. The van der Waals surface area contributed by atoms with Gasteiger partial charge in [0.05, 0.1) is 0 Å². The van der Waals surface area contributed by atoms with Gasteiger partial charge in [-0.2, -0.15) is 5.10 Å². The Bertz CT molecular complexity index is 656. The number of nitrogens with one attached hydrogen (secondary N) is 3. The normalized spacial score (nSPS) is 34.4. The lowest BCUT2D eigenvalue weighted by Crippen LogP contribution is -2.65. The molecular weight excluding hydrogens is 314 g/mol. The maximum atomic E-state index is 12.7. The minimum Gasteiger partial charge on any atom is -0.349 e. The number of carbonyl (C=O) groups is 1. The zero-order chi connectivity index (χ0) is 16.8. The molecule has 0 radical (unpaired) electrons. The summed E-state index contributed by atoms with van der Waals surface area (Å²) in [6, 6.07) is 1.19. The van der Waals surface area contributed by atoms with E-state index in [9.17, 15) is 4.79 Å². The molecule has 0 spiro atoms. The first-order valence-electron chi connectivity index (χ1n) is 10.1. The molecule has 1 aliphatic carbocycles. The second-order valence-corrected chi connectivity index (χ2v) is 8.38. The summed E-state index contributed by atoms with van der Waals surface area (Å²) in [5, 5.41) is 14.2. The Morgan fingerprint density at radius 3 is 3.08 bits per heavy atom. The van der Waals surface area contributed by atoms with Gasteiger partial charge >= 0.3 is 0 Å². The van der Waals surface area contributed by atoms with E-state index >= 15 is 0 Å². The van der Waals surface area contributed by atoms with Crippen molar-refractivity contribution in [3.63, 3.8) is 0 Å². The predicted molar refractivity (Wildman–Crippen MR) is 95.5 cm³/mol. The molecule has 1 amide bonds. The van der Waals surface area contributed by atoms with E-state index in [0.717, 1.165) is 43.8 Å². The highest BCUT2D eigenvalue weighted by Crippen LogP contribution is 2.38. The molecular formula is C19H29N5O. The molecule has 0 unspecified atom stereocenters. The van der Waals surface area contributed by atoms with Crippen molar-refractivity contribution in [2.24, 2.45) is 11.8 Å². The SMILES string of the molecule is O=C(NC[C@H]1[C@@H]2CNC[C@@H](C2)[C@@H]2CCCCN21)c1n[nH]c2c1CCC2. The van der Waals surface area contributed by atoms with E-state index in [2.05, 4.69) is 25.7 Å². The number of amides is 1. The molecule has 6 nitrogen and oxygen atoms in total. The Balaban J connectivity index is 1.29. The monoisotopic (exact) mass is 343 g/mol. The van der Waals surface area contributed by atoms with E-state index < -0.39 is 0 Å². The van der Waals surface area contributed by atoms with Gasteiger partial charge in [-0.3, -0.25) is 14.8 Å². The van der Waals surface area contributed by atoms with Gasteiger partial charge in [0.25, 0.3) is 5.91 Å². The number of aryl methyl sites for hydroxylation is 1. The summed E-state index contributed by atoms with van der Waals surface area (Å²) in [5.41, 5.74) is 2.95. The van der Waals surface area contributed by atoms with Gasteiger partial charge in [0.1, 0.15) is 0 Å². The lowest BCUT2D eigenvalue weighted by atomic mass is 9.73. The molecule has 4 atom stereocenters. The molecule has 3 N–H and O–H groups in total. The van der Waals surface area contributed by atoms with Crippen LogP contribution in [0, 0.1) is 11.8 Å². The van der Waals surface area contributed by atoms with Crippen molar-refractivity contribution < 1.29 is 4.79 Å². The average molecular weight is 343 g/mol. The highest BCUT2D eigenvalue weighted by atomic mass is 16.1. The Kier molecular flexibility index (Phi) is 4.05. The minimum atomic E-state index is 0.0128. The van der Waals surface area contributed by atoms with Crippen molar-refractivity contribution in [3.8, 4) is 0 Å². The summed E-state index contributed by atoms with van der Waals surface area (Å²) >= 11 is 0. The van der Waals surface area contributed by atoms with Crippen LogP contribution in [0.3, 0.4) is 0 Å². The Morgan fingerprint density at radius 1 is 1.20 bits per heavy atom. The lowest BCUT2D eigenvalue weighted by Gasteiger charge is -2.55. The second kappa shape index (κ2) is 6.40. The minimum absolute atomic E-state index is 0.0128. The lowest BCUT2D eigenvalue weighted by molar-refractivity contribution is -0.0371. The topological polar surface area (TPSA) is 73.1 Å². The summed E-state index contributed by atoms with van der Waals surface area (Å²) in [7, 11) is 0. The zero-order valence-electron chi connectivity index (χ0n) is 14.9. The molecule has 136 valence electrons. The maximum Gasteiger partial charge on any atom is 0.272 e. The molecule has 3 saturated heterocycles. The number of rotatable bonds is 3. The number of hydrogen-bond acceptors (Lipinski definition) is 4. The largest absolute Gasteiger partial charge is 0.349 e. The van der Waals surface area contributed by atoms with Gasteiger partial charge in [-0.05, 0) is 70.0 Å². The summed E-state index contributed by atoms with van der Waals surface area (Å²) in [6.07, 6.45) is 8.48. The van der Waals surface area contributed by atoms with E-state index in [0.29, 0.717) is 23.7 Å². The molecule has 5 rings (SSSR count). The van der Waals surface area contributed by atoms with Gasteiger partial charge in [0.2, 0.25) is 0 Å².